The van der Waals surface area contributed by atoms with Crippen molar-refractivity contribution in [3.63, 3.8) is 0 Å². The Bertz CT molecular complexity index is 1150. The Morgan fingerprint density at radius 1 is 1.10 bits per heavy atom. The van der Waals surface area contributed by atoms with E-state index >= 15 is 0 Å². The number of rotatable bonds is 6. The molecule has 1 amide bonds. The third-order valence-electron chi connectivity index (χ3n) is 4.80. The molecule has 0 aliphatic rings. The lowest BCUT2D eigenvalue weighted by molar-refractivity contribution is 0.0945. The molecular weight excluding hydrogens is 401 g/mol. The van der Waals surface area contributed by atoms with Crippen molar-refractivity contribution in [2.45, 2.75) is 6.04 Å². The lowest BCUT2D eigenvalue weighted by atomic mass is 10.1. The molecule has 0 radical (unpaired) electrons. The number of ether oxygens (including phenoxy) is 1. The van der Waals surface area contributed by atoms with E-state index in [9.17, 15) is 9.18 Å². The van der Waals surface area contributed by atoms with Crippen molar-refractivity contribution >= 4 is 17.2 Å². The number of halogens is 1. The van der Waals surface area contributed by atoms with Gasteiger partial charge in [-0.05, 0) is 47.5 Å². The van der Waals surface area contributed by atoms with Crippen LogP contribution in [-0.4, -0.2) is 22.6 Å². The molecule has 1 unspecified atom stereocenters. The number of benzene rings is 2. The van der Waals surface area contributed by atoms with Crippen LogP contribution in [0.15, 0.2) is 73.1 Å². The average molecular weight is 421 g/mol. The standard InChI is InChI=1S/C23H20FN3O2S/c1-27-14-13-25-22(27)21(16-5-9-18(29-2)10-6-16)26-23(28)20-12-11-19(30-20)15-3-7-17(24)8-4-15/h3-14,21H,1-2H3,(H,26,28). The summed E-state index contributed by atoms with van der Waals surface area (Å²) in [5, 5.41) is 3.09. The van der Waals surface area contributed by atoms with E-state index in [1.165, 1.54) is 23.5 Å². The fraction of sp³-hybridized carbons (Fsp3) is 0.130. The zero-order valence-electron chi connectivity index (χ0n) is 16.5. The normalized spacial score (nSPS) is 11.8. The molecule has 0 bridgehead atoms. The van der Waals surface area contributed by atoms with Crippen LogP contribution in [0.1, 0.15) is 27.1 Å². The second-order valence-corrected chi connectivity index (χ2v) is 7.83. The van der Waals surface area contributed by atoms with Gasteiger partial charge < -0.3 is 14.6 Å². The number of hydrogen-bond donors (Lipinski definition) is 1. The summed E-state index contributed by atoms with van der Waals surface area (Å²) in [5.74, 6) is 0.984. The maximum atomic E-state index is 13.2. The van der Waals surface area contributed by atoms with Crippen LogP contribution >= 0.6 is 11.3 Å². The Morgan fingerprint density at radius 3 is 2.47 bits per heavy atom. The van der Waals surface area contributed by atoms with Crippen LogP contribution in [0.2, 0.25) is 0 Å². The van der Waals surface area contributed by atoms with Gasteiger partial charge in [0.25, 0.3) is 5.91 Å². The van der Waals surface area contributed by atoms with Gasteiger partial charge in [0.1, 0.15) is 23.4 Å². The van der Waals surface area contributed by atoms with E-state index in [1.807, 2.05) is 48.1 Å². The van der Waals surface area contributed by atoms with Gasteiger partial charge in [-0.15, -0.1) is 11.3 Å². The lowest BCUT2D eigenvalue weighted by Crippen LogP contribution is -2.30. The molecule has 4 aromatic rings. The molecule has 0 aliphatic carbocycles. The van der Waals surface area contributed by atoms with Crippen LogP contribution in [0.3, 0.4) is 0 Å². The number of carbonyl (C=O) groups excluding carboxylic acids is 1. The summed E-state index contributed by atoms with van der Waals surface area (Å²) < 4.78 is 20.3. The molecule has 0 saturated carbocycles. The maximum absolute atomic E-state index is 13.2. The number of nitrogens with zero attached hydrogens (tertiary/aromatic N) is 2. The largest absolute Gasteiger partial charge is 0.497 e. The molecule has 2 heterocycles. The van der Waals surface area contributed by atoms with E-state index in [-0.39, 0.29) is 11.7 Å². The van der Waals surface area contributed by atoms with Gasteiger partial charge in [0.15, 0.2) is 0 Å². The van der Waals surface area contributed by atoms with E-state index in [2.05, 4.69) is 10.3 Å². The highest BCUT2D eigenvalue weighted by molar-refractivity contribution is 7.17. The third-order valence-corrected chi connectivity index (χ3v) is 5.93. The zero-order valence-corrected chi connectivity index (χ0v) is 17.3. The molecule has 152 valence electrons. The molecule has 0 aliphatic heterocycles. The number of hydrogen-bond acceptors (Lipinski definition) is 4. The Hall–Kier alpha value is -3.45. The highest BCUT2D eigenvalue weighted by atomic mass is 32.1. The molecule has 1 N–H and O–H groups in total. The van der Waals surface area contributed by atoms with Crippen molar-refractivity contribution in [1.82, 2.24) is 14.9 Å². The summed E-state index contributed by atoms with van der Waals surface area (Å²) >= 11 is 1.36. The number of amides is 1. The molecule has 30 heavy (non-hydrogen) atoms. The first-order valence-corrected chi connectivity index (χ1v) is 10.1. The van der Waals surface area contributed by atoms with Gasteiger partial charge in [-0.25, -0.2) is 9.37 Å². The molecule has 1 atom stereocenters. The van der Waals surface area contributed by atoms with E-state index in [0.29, 0.717) is 4.88 Å². The van der Waals surface area contributed by atoms with Crippen LogP contribution in [0, 0.1) is 5.82 Å². The Labute approximate surface area is 177 Å². The predicted molar refractivity (Wildman–Crippen MR) is 115 cm³/mol. The third kappa shape index (κ3) is 4.11. The van der Waals surface area contributed by atoms with Gasteiger partial charge in [-0.3, -0.25) is 4.79 Å². The summed E-state index contributed by atoms with van der Waals surface area (Å²) in [4.78, 5) is 18.9. The molecule has 2 aromatic carbocycles. The summed E-state index contributed by atoms with van der Waals surface area (Å²) in [6.07, 6.45) is 3.55. The van der Waals surface area contributed by atoms with Crippen molar-refractivity contribution in [3.8, 4) is 16.2 Å². The summed E-state index contributed by atoms with van der Waals surface area (Å²) in [6, 6.07) is 17.0. The highest BCUT2D eigenvalue weighted by Gasteiger charge is 2.22. The van der Waals surface area contributed by atoms with Crippen molar-refractivity contribution in [1.29, 1.82) is 0 Å². The van der Waals surface area contributed by atoms with E-state index in [0.717, 1.165) is 27.6 Å². The van der Waals surface area contributed by atoms with Gasteiger partial charge in [0, 0.05) is 24.3 Å². The van der Waals surface area contributed by atoms with Crippen molar-refractivity contribution in [2.75, 3.05) is 7.11 Å². The minimum Gasteiger partial charge on any atom is -0.497 e. The van der Waals surface area contributed by atoms with Crippen molar-refractivity contribution in [2.24, 2.45) is 7.05 Å². The molecule has 7 heteroatoms. The molecule has 0 fully saturated rings. The molecule has 5 nitrogen and oxygen atoms in total. The SMILES string of the molecule is COc1ccc(C(NC(=O)c2ccc(-c3ccc(F)cc3)s2)c2nccn2C)cc1. The maximum Gasteiger partial charge on any atom is 0.262 e. The molecule has 4 rings (SSSR count). The van der Waals surface area contributed by atoms with Gasteiger partial charge >= 0.3 is 0 Å². The molecule has 0 saturated heterocycles. The van der Waals surface area contributed by atoms with E-state index in [4.69, 9.17) is 4.74 Å². The Balaban J connectivity index is 1.60. The van der Waals surface area contributed by atoms with Crippen LogP contribution in [0.4, 0.5) is 4.39 Å². The summed E-state index contributed by atoms with van der Waals surface area (Å²) in [5.41, 5.74) is 1.77. The second kappa shape index (κ2) is 8.51. The summed E-state index contributed by atoms with van der Waals surface area (Å²) in [6.45, 7) is 0. The minimum absolute atomic E-state index is 0.197. The molecular formula is C23H20FN3O2S. The van der Waals surface area contributed by atoms with E-state index < -0.39 is 6.04 Å². The first-order valence-electron chi connectivity index (χ1n) is 9.33. The van der Waals surface area contributed by atoms with E-state index in [1.54, 1.807) is 31.5 Å². The van der Waals surface area contributed by atoms with Crippen LogP contribution in [-0.2, 0) is 7.05 Å². The topological polar surface area (TPSA) is 56.1 Å². The average Bonchev–Trinajstić information content (AvgIpc) is 3.42. The molecule has 0 spiro atoms. The number of aromatic nitrogens is 2. The van der Waals surface area contributed by atoms with Gasteiger partial charge in [0.2, 0.25) is 0 Å². The second-order valence-electron chi connectivity index (χ2n) is 6.75. The summed E-state index contributed by atoms with van der Waals surface area (Å²) in [7, 11) is 3.51. The lowest BCUT2D eigenvalue weighted by Gasteiger charge is -2.19. The number of carbonyl (C=O) groups is 1. The highest BCUT2D eigenvalue weighted by Crippen LogP contribution is 2.29. The number of thiophene rings is 1. The number of aryl methyl sites for hydroxylation is 1. The first kappa shape index (κ1) is 19.8. The zero-order chi connectivity index (χ0) is 21.1. The monoisotopic (exact) mass is 421 g/mol. The predicted octanol–water partition coefficient (Wildman–Crippen LogP) is 4.82. The van der Waals surface area contributed by atoms with Crippen molar-refractivity contribution in [3.05, 3.63) is 95.1 Å². The van der Waals surface area contributed by atoms with Gasteiger partial charge in [0.05, 0.1) is 12.0 Å². The van der Waals surface area contributed by atoms with Gasteiger partial charge in [-0.1, -0.05) is 24.3 Å². The molecule has 2 aromatic heterocycles. The quantitative estimate of drug-likeness (QED) is 0.486. The van der Waals surface area contributed by atoms with Crippen LogP contribution in [0.5, 0.6) is 5.75 Å². The fourth-order valence-electron chi connectivity index (χ4n) is 3.18. The smallest absolute Gasteiger partial charge is 0.262 e. The fourth-order valence-corrected chi connectivity index (χ4v) is 4.09. The van der Waals surface area contributed by atoms with Gasteiger partial charge in [-0.2, -0.15) is 0 Å². The number of methoxy groups -OCH3 is 1. The number of nitrogens with one attached hydrogen (secondary N) is 1. The first-order chi connectivity index (χ1) is 14.5. The minimum atomic E-state index is -0.417. The van der Waals surface area contributed by atoms with Crippen LogP contribution in [0.25, 0.3) is 10.4 Å². The Morgan fingerprint density at radius 2 is 1.83 bits per heavy atom. The van der Waals surface area contributed by atoms with Crippen LogP contribution < -0.4 is 10.1 Å². The Kier molecular flexibility index (Phi) is 5.63. The number of imidazole rings is 1. The van der Waals surface area contributed by atoms with Crippen molar-refractivity contribution < 1.29 is 13.9 Å².